The molecule has 0 saturated carbocycles. The number of carbonyl (C=O) groups excluding carboxylic acids is 1. The number of nitriles is 3. The van der Waals surface area contributed by atoms with Crippen LogP contribution >= 0.6 is 0 Å². The van der Waals surface area contributed by atoms with E-state index in [-0.39, 0.29) is 22.5 Å². The largest absolute Gasteiger partial charge is 0.466 e. The molecule has 0 aromatic heterocycles. The van der Waals surface area contributed by atoms with E-state index in [1.807, 2.05) is 6.07 Å². The monoisotopic (exact) mass is 272 g/mol. The van der Waals surface area contributed by atoms with E-state index < -0.39 is 12.0 Å². The molecular weight excluding hydrogens is 260 g/mol. The molecule has 1 heterocycles. The third-order valence-corrected chi connectivity index (χ3v) is 2.72. The van der Waals surface area contributed by atoms with Crippen LogP contribution in [0.2, 0.25) is 0 Å². The summed E-state index contributed by atoms with van der Waals surface area (Å²) in [5.41, 5.74) is 5.23. The summed E-state index contributed by atoms with van der Waals surface area (Å²) in [6.45, 7) is 0. The Hall–Kier alpha value is -3.02. The van der Waals surface area contributed by atoms with Crippen molar-refractivity contribution in [2.24, 2.45) is 5.73 Å². The minimum atomic E-state index is -1.14. The predicted molar refractivity (Wildman–Crippen MR) is 66.4 cm³/mol. The van der Waals surface area contributed by atoms with E-state index in [9.17, 15) is 10.1 Å². The average Bonchev–Trinajstić information content (AvgIpc) is 2.44. The zero-order valence-electron chi connectivity index (χ0n) is 11.2. The van der Waals surface area contributed by atoms with Gasteiger partial charge in [-0.05, 0) is 0 Å². The molecule has 1 aliphatic rings. The van der Waals surface area contributed by atoms with Crippen molar-refractivity contribution >= 4 is 5.97 Å². The number of esters is 1. The lowest BCUT2D eigenvalue weighted by molar-refractivity contribution is -0.137. The number of nitrogens with two attached hydrogens (primary N) is 1. The van der Waals surface area contributed by atoms with Crippen LogP contribution in [0, 0.1) is 34.0 Å². The van der Waals surface area contributed by atoms with Crippen LogP contribution in [0.15, 0.2) is 22.5 Å². The molecule has 0 aromatic carbocycles. The van der Waals surface area contributed by atoms with Crippen LogP contribution in [0.3, 0.4) is 0 Å². The van der Waals surface area contributed by atoms with E-state index in [1.54, 1.807) is 26.2 Å². The Balaban J connectivity index is 3.71. The highest BCUT2D eigenvalue weighted by molar-refractivity contribution is 5.94. The molecule has 0 radical (unpaired) electrons. The van der Waals surface area contributed by atoms with Gasteiger partial charge in [0.15, 0.2) is 6.04 Å². The van der Waals surface area contributed by atoms with E-state index in [1.165, 1.54) is 10.0 Å². The van der Waals surface area contributed by atoms with E-state index in [0.717, 1.165) is 7.11 Å². The summed E-state index contributed by atoms with van der Waals surface area (Å²) in [6.07, 6.45) is 0. The highest BCUT2D eigenvalue weighted by Crippen LogP contribution is 2.30. The van der Waals surface area contributed by atoms with Gasteiger partial charge in [0.2, 0.25) is 0 Å². The minimum Gasteiger partial charge on any atom is -0.466 e. The first-order valence-electron chi connectivity index (χ1n) is 5.43. The second-order valence-corrected chi connectivity index (χ2v) is 3.99. The summed E-state index contributed by atoms with van der Waals surface area (Å²) >= 11 is 0. The van der Waals surface area contributed by atoms with Crippen molar-refractivity contribution in [3.8, 4) is 18.2 Å². The number of rotatable bonds is 2. The molecule has 0 amide bonds. The molecule has 8 heteroatoms. The maximum Gasteiger partial charge on any atom is 0.338 e. The first-order valence-corrected chi connectivity index (χ1v) is 5.43. The van der Waals surface area contributed by atoms with Gasteiger partial charge in [-0.3, -0.25) is 5.01 Å². The average molecular weight is 272 g/mol. The zero-order chi connectivity index (χ0) is 15.4. The highest BCUT2D eigenvalue weighted by atomic mass is 16.5. The molecule has 1 atom stereocenters. The van der Waals surface area contributed by atoms with Crippen molar-refractivity contribution in [3.05, 3.63) is 22.5 Å². The number of ether oxygens (including phenoxy) is 1. The Morgan fingerprint density at radius 2 is 1.85 bits per heavy atom. The van der Waals surface area contributed by atoms with E-state index in [2.05, 4.69) is 4.74 Å². The van der Waals surface area contributed by atoms with Gasteiger partial charge >= 0.3 is 5.97 Å². The minimum absolute atomic E-state index is 0.0618. The number of hydrogen-bond donors (Lipinski definition) is 1. The fraction of sp³-hybridized carbons (Fsp3) is 0.333. The fourth-order valence-electron chi connectivity index (χ4n) is 1.89. The molecule has 0 aromatic rings. The van der Waals surface area contributed by atoms with Gasteiger partial charge in [0, 0.05) is 14.1 Å². The van der Waals surface area contributed by atoms with Crippen LogP contribution < -0.4 is 5.73 Å². The number of hydrogen-bond acceptors (Lipinski definition) is 8. The van der Waals surface area contributed by atoms with Crippen LogP contribution in [0.1, 0.15) is 0 Å². The normalized spacial score (nSPS) is 18.4. The number of methoxy groups -OCH3 is 1. The Bertz CT molecular complexity index is 626. The van der Waals surface area contributed by atoms with Crippen LogP contribution in [0.4, 0.5) is 0 Å². The number of hydrazine groups is 1. The summed E-state index contributed by atoms with van der Waals surface area (Å²) in [7, 11) is 4.32. The van der Waals surface area contributed by atoms with Gasteiger partial charge in [0.25, 0.3) is 0 Å². The van der Waals surface area contributed by atoms with E-state index >= 15 is 0 Å². The quantitative estimate of drug-likeness (QED) is 0.656. The molecule has 2 N–H and O–H groups in total. The smallest absolute Gasteiger partial charge is 0.338 e. The Morgan fingerprint density at radius 1 is 1.30 bits per heavy atom. The maximum atomic E-state index is 11.8. The molecule has 0 aliphatic carbocycles. The summed E-state index contributed by atoms with van der Waals surface area (Å²) in [5, 5.41) is 30.3. The molecule has 0 saturated heterocycles. The molecule has 8 nitrogen and oxygen atoms in total. The van der Waals surface area contributed by atoms with Gasteiger partial charge in [-0.25, -0.2) is 9.80 Å². The third-order valence-electron chi connectivity index (χ3n) is 2.72. The number of allylic oxidation sites excluding steroid dienone is 2. The van der Waals surface area contributed by atoms with Crippen LogP contribution in [0.5, 0.6) is 0 Å². The molecule has 0 fully saturated rings. The van der Waals surface area contributed by atoms with Crippen molar-refractivity contribution in [1.82, 2.24) is 10.0 Å². The lowest BCUT2D eigenvalue weighted by Crippen LogP contribution is -2.50. The lowest BCUT2D eigenvalue weighted by Gasteiger charge is -2.38. The SMILES string of the molecule is COC(=O)C1=C(C#N)C(C#N)=C(N)N(N(C)C)C1C#N. The molecule has 102 valence electrons. The third kappa shape index (κ3) is 2.14. The van der Waals surface area contributed by atoms with Gasteiger partial charge in [-0.15, -0.1) is 0 Å². The van der Waals surface area contributed by atoms with Crippen LogP contribution in [-0.2, 0) is 9.53 Å². The molecule has 1 aliphatic heterocycles. The summed E-state index contributed by atoms with van der Waals surface area (Å²) in [6, 6.07) is 4.28. The number of carbonyl (C=O) groups is 1. The van der Waals surface area contributed by atoms with Crippen molar-refractivity contribution in [3.63, 3.8) is 0 Å². The van der Waals surface area contributed by atoms with Gasteiger partial charge in [-0.1, -0.05) is 0 Å². The van der Waals surface area contributed by atoms with Gasteiger partial charge in [0.1, 0.15) is 23.5 Å². The Labute approximate surface area is 116 Å². The first kappa shape index (κ1) is 15.0. The summed E-state index contributed by atoms with van der Waals surface area (Å²) in [4.78, 5) is 11.8. The van der Waals surface area contributed by atoms with Crippen molar-refractivity contribution < 1.29 is 9.53 Å². The summed E-state index contributed by atoms with van der Waals surface area (Å²) < 4.78 is 4.59. The maximum absolute atomic E-state index is 11.8. The van der Waals surface area contributed by atoms with E-state index in [4.69, 9.17) is 16.3 Å². The predicted octanol–water partition coefficient (Wildman–Crippen LogP) is -0.642. The molecule has 0 spiro atoms. The fourth-order valence-corrected chi connectivity index (χ4v) is 1.89. The van der Waals surface area contributed by atoms with Crippen molar-refractivity contribution in [2.45, 2.75) is 6.04 Å². The Morgan fingerprint density at radius 3 is 2.20 bits per heavy atom. The molecule has 20 heavy (non-hydrogen) atoms. The van der Waals surface area contributed by atoms with E-state index in [0.29, 0.717) is 0 Å². The second kappa shape index (κ2) is 5.75. The molecule has 0 bridgehead atoms. The Kier molecular flexibility index (Phi) is 4.32. The molecular formula is C12H12N6O2. The molecule has 1 rings (SSSR count). The van der Waals surface area contributed by atoms with Crippen LogP contribution in [-0.4, -0.2) is 43.2 Å². The number of nitrogens with zero attached hydrogens (tertiary/aromatic N) is 5. The summed E-state index contributed by atoms with van der Waals surface area (Å²) in [5.74, 6) is -0.909. The lowest BCUT2D eigenvalue weighted by atomic mass is 9.92. The van der Waals surface area contributed by atoms with Crippen molar-refractivity contribution in [2.75, 3.05) is 21.2 Å². The second-order valence-electron chi connectivity index (χ2n) is 3.99. The zero-order valence-corrected chi connectivity index (χ0v) is 11.2. The van der Waals surface area contributed by atoms with Gasteiger partial charge in [0.05, 0.1) is 24.3 Å². The van der Waals surface area contributed by atoms with Crippen LogP contribution in [0.25, 0.3) is 0 Å². The van der Waals surface area contributed by atoms with Crippen molar-refractivity contribution in [1.29, 1.82) is 15.8 Å². The molecule has 1 unspecified atom stereocenters. The topological polar surface area (TPSA) is 130 Å². The standard InChI is InChI=1S/C12H12N6O2/c1-17(2)18-9(6-15)10(12(19)20-3)7(4-13)8(5-14)11(18)16/h9H,16H2,1-3H3. The van der Waals surface area contributed by atoms with Gasteiger partial charge in [-0.2, -0.15) is 15.8 Å². The van der Waals surface area contributed by atoms with Gasteiger partial charge < -0.3 is 10.5 Å². The first-order chi connectivity index (χ1) is 9.44. The highest BCUT2D eigenvalue weighted by Gasteiger charge is 2.39.